The number of aliphatic hydroxyl groups is 2. The van der Waals surface area contributed by atoms with Gasteiger partial charge < -0.3 is 20.7 Å². The molecule has 9 nitrogen and oxygen atoms in total. The Labute approximate surface area is 145 Å². The largest absolute Gasteiger partial charge is 0.390 e. The van der Waals surface area contributed by atoms with Gasteiger partial charge in [0.25, 0.3) is 0 Å². The number of aliphatic hydroxyl groups excluding tert-OH is 2. The molecule has 3 heterocycles. The molecule has 25 heavy (non-hydrogen) atoms. The zero-order chi connectivity index (χ0) is 18.1. The first kappa shape index (κ1) is 17.8. The molecule has 0 unspecified atom stereocenters. The highest BCUT2D eigenvalue weighted by molar-refractivity contribution is 5.71. The van der Waals surface area contributed by atoms with Crippen LogP contribution in [0.2, 0.25) is 0 Å². The van der Waals surface area contributed by atoms with Gasteiger partial charge in [-0.3, -0.25) is 4.57 Å². The topological polar surface area (TPSA) is 128 Å². The average molecular weight is 351 g/mol. The quantitative estimate of drug-likeness (QED) is 0.687. The van der Waals surface area contributed by atoms with Crippen LogP contribution >= 0.6 is 0 Å². The van der Waals surface area contributed by atoms with Gasteiger partial charge in [-0.05, 0) is 12.8 Å². The molecule has 1 aliphatic rings. The maximum absolute atomic E-state index is 12.9. The van der Waals surface area contributed by atoms with E-state index in [1.165, 1.54) is 10.8 Å². The number of nitrogens with zero attached hydrogens (tertiary/aromatic N) is 4. The number of anilines is 1. The molecule has 0 spiro atoms. The Morgan fingerprint density at radius 3 is 2.92 bits per heavy atom. The van der Waals surface area contributed by atoms with Crippen molar-refractivity contribution in [1.82, 2.24) is 19.1 Å². The first-order chi connectivity index (χ1) is 12.0. The van der Waals surface area contributed by atoms with E-state index in [2.05, 4.69) is 9.97 Å². The Morgan fingerprint density at radius 1 is 1.48 bits per heavy atom. The zero-order valence-electron chi connectivity index (χ0n) is 14.5. The van der Waals surface area contributed by atoms with Gasteiger partial charge in [-0.2, -0.15) is 4.98 Å². The minimum Gasteiger partial charge on any atom is -0.390 e. The second-order valence-corrected chi connectivity index (χ2v) is 6.44. The van der Waals surface area contributed by atoms with E-state index in [9.17, 15) is 15.0 Å². The van der Waals surface area contributed by atoms with E-state index in [0.29, 0.717) is 24.1 Å². The number of nitrogens with two attached hydrogens (primary N) is 1. The van der Waals surface area contributed by atoms with Crippen molar-refractivity contribution in [1.29, 1.82) is 0 Å². The Morgan fingerprint density at radius 2 is 2.24 bits per heavy atom. The van der Waals surface area contributed by atoms with Crippen LogP contribution in [0.5, 0.6) is 0 Å². The molecule has 0 saturated carbocycles. The van der Waals surface area contributed by atoms with Crippen molar-refractivity contribution >= 4 is 17.1 Å². The lowest BCUT2D eigenvalue weighted by molar-refractivity contribution is -0.0760. The number of aryl methyl sites for hydroxylation is 1. The van der Waals surface area contributed by atoms with Gasteiger partial charge >= 0.3 is 5.69 Å². The van der Waals surface area contributed by atoms with Crippen molar-refractivity contribution in [2.45, 2.75) is 70.6 Å². The number of fused-ring (bicyclic) bond motifs is 1. The molecule has 3 rings (SSSR count). The van der Waals surface area contributed by atoms with Gasteiger partial charge in [-0.25, -0.2) is 14.3 Å². The number of aromatic nitrogens is 4. The monoisotopic (exact) mass is 351 g/mol. The average Bonchev–Trinajstić information content (AvgIpc) is 3.09. The van der Waals surface area contributed by atoms with Crippen LogP contribution in [0.15, 0.2) is 11.0 Å². The molecule has 1 saturated heterocycles. The molecule has 4 N–H and O–H groups in total. The Kier molecular flexibility index (Phi) is 5.07. The molecule has 0 aromatic carbocycles. The highest BCUT2D eigenvalue weighted by Crippen LogP contribution is 2.32. The molecular formula is C16H25N5O4. The second kappa shape index (κ2) is 7.11. The number of imidazole rings is 1. The summed E-state index contributed by atoms with van der Waals surface area (Å²) in [6.07, 6.45) is 1.01. The molecule has 1 fully saturated rings. The first-order valence-corrected chi connectivity index (χ1v) is 8.72. The summed E-state index contributed by atoms with van der Waals surface area (Å²) in [5, 5.41) is 20.4. The van der Waals surface area contributed by atoms with Gasteiger partial charge in [-0.15, -0.1) is 0 Å². The molecule has 4 atom stereocenters. The summed E-state index contributed by atoms with van der Waals surface area (Å²) in [4.78, 5) is 21.1. The summed E-state index contributed by atoms with van der Waals surface area (Å²) in [7, 11) is 0. The molecule has 0 radical (unpaired) electrons. The third-order valence-electron chi connectivity index (χ3n) is 4.68. The summed E-state index contributed by atoms with van der Waals surface area (Å²) in [6.45, 7) is 4.40. The number of nitrogen functional groups attached to an aromatic ring is 1. The maximum atomic E-state index is 12.9. The van der Waals surface area contributed by atoms with Gasteiger partial charge in [0.2, 0.25) is 5.95 Å². The predicted octanol–water partition coefficient (Wildman–Crippen LogP) is 0.395. The molecule has 138 valence electrons. The highest BCUT2D eigenvalue weighted by Gasteiger charge is 2.40. The lowest BCUT2D eigenvalue weighted by Crippen LogP contribution is -2.32. The van der Waals surface area contributed by atoms with Crippen LogP contribution in [-0.4, -0.2) is 47.6 Å². The number of hydrogen-bond donors (Lipinski definition) is 3. The summed E-state index contributed by atoms with van der Waals surface area (Å²) in [5.74, 6) is 0.0477. The molecule has 1 aliphatic heterocycles. The predicted molar refractivity (Wildman–Crippen MR) is 91.9 cm³/mol. The fourth-order valence-electron chi connectivity index (χ4n) is 3.26. The fourth-order valence-corrected chi connectivity index (χ4v) is 3.26. The van der Waals surface area contributed by atoms with Crippen molar-refractivity contribution in [2.75, 3.05) is 5.73 Å². The van der Waals surface area contributed by atoms with Gasteiger partial charge in [0.1, 0.15) is 11.6 Å². The second-order valence-electron chi connectivity index (χ2n) is 6.44. The van der Waals surface area contributed by atoms with Crippen molar-refractivity contribution in [2.24, 2.45) is 0 Å². The van der Waals surface area contributed by atoms with Crippen LogP contribution in [0.4, 0.5) is 5.95 Å². The van der Waals surface area contributed by atoms with Crippen LogP contribution in [0, 0.1) is 0 Å². The molecular weight excluding hydrogens is 326 g/mol. The summed E-state index contributed by atoms with van der Waals surface area (Å²) in [5.41, 5.74) is 6.27. The summed E-state index contributed by atoms with van der Waals surface area (Å²) < 4.78 is 8.72. The lowest BCUT2D eigenvalue weighted by Gasteiger charge is -2.18. The van der Waals surface area contributed by atoms with E-state index in [1.54, 1.807) is 4.57 Å². The Balaban J connectivity index is 2.08. The number of unbranched alkanes of at least 4 members (excludes halogenated alkanes) is 1. The van der Waals surface area contributed by atoms with Crippen molar-refractivity contribution < 1.29 is 14.9 Å². The van der Waals surface area contributed by atoms with Crippen LogP contribution in [0.1, 0.15) is 45.8 Å². The van der Waals surface area contributed by atoms with Gasteiger partial charge in [0.15, 0.2) is 11.9 Å². The summed E-state index contributed by atoms with van der Waals surface area (Å²) >= 11 is 0. The Hall–Kier alpha value is -1.97. The Bertz CT molecular complexity index is 802. The minimum atomic E-state index is -0.912. The zero-order valence-corrected chi connectivity index (χ0v) is 14.5. The normalized spacial score (nSPS) is 24.9. The smallest absolute Gasteiger partial charge is 0.332 e. The molecule has 9 heteroatoms. The first-order valence-electron chi connectivity index (χ1n) is 8.72. The highest BCUT2D eigenvalue weighted by atomic mass is 16.5. The molecule has 0 bridgehead atoms. The van der Waals surface area contributed by atoms with E-state index in [4.69, 9.17) is 10.5 Å². The molecule has 0 amide bonds. The van der Waals surface area contributed by atoms with Gasteiger partial charge in [-0.1, -0.05) is 20.3 Å². The standard InChI is InChI=1S/C16H25N5O4/c1-3-5-6-20-9-8-18-15(17)19-13(9)21(16(20)24)14-11(23)7-12(25-14)10(22)4-2/h8,10-12,14,22-23H,3-7H2,1-2H3,(H2,17,18,19)/t10-,11+,12-,14+/m0/s1. The molecule has 2 aromatic heterocycles. The van der Waals surface area contributed by atoms with Crippen LogP contribution in [0.25, 0.3) is 11.2 Å². The fraction of sp³-hybridized carbons (Fsp3) is 0.688. The SMILES string of the molecule is CCCCn1c(=O)n([C@@H]2O[C@H]([C@@H](O)CC)C[C@H]2O)c2nc(N)ncc21. The minimum absolute atomic E-state index is 0.0477. The molecule has 0 aliphatic carbocycles. The summed E-state index contributed by atoms with van der Waals surface area (Å²) in [6, 6.07) is 0. The number of ether oxygens (including phenoxy) is 1. The van der Waals surface area contributed by atoms with E-state index < -0.39 is 24.5 Å². The van der Waals surface area contributed by atoms with E-state index in [-0.39, 0.29) is 18.1 Å². The van der Waals surface area contributed by atoms with Crippen molar-refractivity contribution in [3.63, 3.8) is 0 Å². The number of rotatable bonds is 6. The van der Waals surface area contributed by atoms with Crippen LogP contribution in [0.3, 0.4) is 0 Å². The third kappa shape index (κ3) is 3.14. The van der Waals surface area contributed by atoms with Crippen molar-refractivity contribution in [3.8, 4) is 0 Å². The molecule has 2 aromatic rings. The van der Waals surface area contributed by atoms with Crippen LogP contribution in [-0.2, 0) is 11.3 Å². The maximum Gasteiger partial charge on any atom is 0.332 e. The lowest BCUT2D eigenvalue weighted by atomic mass is 10.1. The van der Waals surface area contributed by atoms with E-state index in [1.807, 2.05) is 13.8 Å². The van der Waals surface area contributed by atoms with E-state index in [0.717, 1.165) is 12.8 Å². The van der Waals surface area contributed by atoms with Crippen molar-refractivity contribution in [3.05, 3.63) is 16.7 Å². The van der Waals surface area contributed by atoms with Gasteiger partial charge in [0, 0.05) is 13.0 Å². The third-order valence-corrected chi connectivity index (χ3v) is 4.68. The number of hydrogen-bond acceptors (Lipinski definition) is 7. The van der Waals surface area contributed by atoms with Gasteiger partial charge in [0.05, 0.1) is 18.4 Å². The van der Waals surface area contributed by atoms with E-state index >= 15 is 0 Å². The van der Waals surface area contributed by atoms with Crippen LogP contribution < -0.4 is 11.4 Å².